The van der Waals surface area contributed by atoms with Gasteiger partial charge in [0.15, 0.2) is 5.96 Å². The molecule has 3 N–H and O–H groups in total. The second-order valence-electron chi connectivity index (χ2n) is 5.39. The van der Waals surface area contributed by atoms with Crippen molar-refractivity contribution in [3.8, 4) is 5.75 Å². The van der Waals surface area contributed by atoms with Crippen molar-refractivity contribution in [2.75, 3.05) is 24.7 Å². The van der Waals surface area contributed by atoms with Crippen LogP contribution in [0.1, 0.15) is 16.4 Å². The standard InChI is InChI=1S/C18H21N3OS.HI/c1-22-15-7-4-6-14(11-15)21-18(19)20-12-17-16-8-3-2-5-13(16)9-10-23-17;/h2-8,11,17H,9-10,12H2,1H3,(H3,19,20,21);1H. The summed E-state index contributed by atoms with van der Waals surface area (Å²) >= 11 is 1.95. The molecule has 24 heavy (non-hydrogen) atoms. The molecular formula is C18H22IN3OS. The van der Waals surface area contributed by atoms with Crippen LogP contribution in [-0.4, -0.2) is 25.4 Å². The number of ether oxygens (including phenoxy) is 1. The first-order valence-corrected chi connectivity index (χ1v) is 8.71. The number of anilines is 1. The number of aliphatic imine (C=N–C) groups is 1. The number of aryl methyl sites for hydroxylation is 1. The highest BCUT2D eigenvalue weighted by atomic mass is 127. The second-order valence-corrected chi connectivity index (χ2v) is 6.70. The predicted molar refractivity (Wildman–Crippen MR) is 114 cm³/mol. The highest BCUT2D eigenvalue weighted by Crippen LogP contribution is 2.36. The average molecular weight is 455 g/mol. The Hall–Kier alpha value is -1.41. The summed E-state index contributed by atoms with van der Waals surface area (Å²) in [5.74, 6) is 2.36. The van der Waals surface area contributed by atoms with Gasteiger partial charge in [0.2, 0.25) is 0 Å². The summed E-state index contributed by atoms with van der Waals surface area (Å²) in [7, 11) is 1.65. The largest absolute Gasteiger partial charge is 0.497 e. The molecule has 3 rings (SSSR count). The van der Waals surface area contributed by atoms with Gasteiger partial charge in [-0.2, -0.15) is 11.8 Å². The molecule has 2 aromatic carbocycles. The van der Waals surface area contributed by atoms with E-state index < -0.39 is 0 Å². The van der Waals surface area contributed by atoms with E-state index in [1.54, 1.807) is 7.11 Å². The summed E-state index contributed by atoms with van der Waals surface area (Å²) in [6, 6.07) is 16.3. The van der Waals surface area contributed by atoms with Crippen LogP contribution < -0.4 is 15.8 Å². The first-order chi connectivity index (χ1) is 11.3. The van der Waals surface area contributed by atoms with Crippen LogP contribution in [-0.2, 0) is 6.42 Å². The van der Waals surface area contributed by atoms with Crippen LogP contribution in [0.25, 0.3) is 0 Å². The molecule has 2 aromatic rings. The van der Waals surface area contributed by atoms with Gasteiger partial charge >= 0.3 is 0 Å². The normalized spacial score (nSPS) is 16.7. The Labute approximate surface area is 164 Å². The zero-order valence-corrected chi connectivity index (χ0v) is 16.7. The van der Waals surface area contributed by atoms with E-state index in [0.29, 0.717) is 17.8 Å². The number of methoxy groups -OCH3 is 1. The topological polar surface area (TPSA) is 59.6 Å². The van der Waals surface area contributed by atoms with Crippen molar-refractivity contribution in [1.82, 2.24) is 0 Å². The fourth-order valence-electron chi connectivity index (χ4n) is 2.70. The Balaban J connectivity index is 0.00000208. The second kappa shape index (κ2) is 9.17. The summed E-state index contributed by atoms with van der Waals surface area (Å²) in [5, 5.41) is 3.50. The molecule has 1 heterocycles. The summed E-state index contributed by atoms with van der Waals surface area (Å²) in [6.45, 7) is 0.685. The number of benzene rings is 2. The summed E-state index contributed by atoms with van der Waals surface area (Å²) in [5.41, 5.74) is 9.73. The highest BCUT2D eigenvalue weighted by molar-refractivity contribution is 14.0. The first-order valence-electron chi connectivity index (χ1n) is 7.66. The molecule has 0 radical (unpaired) electrons. The number of guanidine groups is 1. The average Bonchev–Trinajstić information content (AvgIpc) is 2.60. The Morgan fingerprint density at radius 1 is 1.29 bits per heavy atom. The third-order valence-electron chi connectivity index (χ3n) is 3.86. The monoisotopic (exact) mass is 455 g/mol. The maximum atomic E-state index is 6.02. The Morgan fingerprint density at radius 3 is 2.96 bits per heavy atom. The minimum absolute atomic E-state index is 0. The molecule has 0 saturated carbocycles. The maximum Gasteiger partial charge on any atom is 0.193 e. The molecule has 0 amide bonds. The minimum Gasteiger partial charge on any atom is -0.497 e. The van der Waals surface area contributed by atoms with E-state index in [9.17, 15) is 0 Å². The molecule has 1 aliphatic heterocycles. The molecule has 1 unspecified atom stereocenters. The van der Waals surface area contributed by atoms with Gasteiger partial charge in [0.05, 0.1) is 13.7 Å². The van der Waals surface area contributed by atoms with Crippen molar-refractivity contribution in [2.24, 2.45) is 10.7 Å². The minimum atomic E-state index is 0. The predicted octanol–water partition coefficient (Wildman–Crippen LogP) is 4.07. The number of fused-ring (bicyclic) bond motifs is 1. The molecule has 128 valence electrons. The molecular weight excluding hydrogens is 433 g/mol. The van der Waals surface area contributed by atoms with Crippen LogP contribution in [0, 0.1) is 0 Å². The number of hydrogen-bond acceptors (Lipinski definition) is 3. The van der Waals surface area contributed by atoms with E-state index in [1.165, 1.54) is 11.1 Å². The fourth-order valence-corrected chi connectivity index (χ4v) is 3.91. The van der Waals surface area contributed by atoms with Gasteiger partial charge < -0.3 is 15.8 Å². The van der Waals surface area contributed by atoms with E-state index in [1.807, 2.05) is 36.0 Å². The Bertz CT molecular complexity index is 708. The smallest absolute Gasteiger partial charge is 0.193 e. The van der Waals surface area contributed by atoms with Crippen molar-refractivity contribution in [1.29, 1.82) is 0 Å². The molecule has 0 fully saturated rings. The van der Waals surface area contributed by atoms with Crippen molar-refractivity contribution in [3.63, 3.8) is 0 Å². The number of nitrogens with one attached hydrogen (secondary N) is 1. The van der Waals surface area contributed by atoms with Crippen LogP contribution in [0.3, 0.4) is 0 Å². The van der Waals surface area contributed by atoms with Gasteiger partial charge in [0.1, 0.15) is 5.75 Å². The van der Waals surface area contributed by atoms with Crippen LogP contribution in [0.15, 0.2) is 53.5 Å². The first kappa shape index (κ1) is 18.9. The van der Waals surface area contributed by atoms with Gasteiger partial charge in [-0.3, -0.25) is 4.99 Å². The molecule has 0 spiro atoms. The highest BCUT2D eigenvalue weighted by Gasteiger charge is 2.19. The van der Waals surface area contributed by atoms with E-state index in [0.717, 1.165) is 23.6 Å². The SMILES string of the molecule is COc1cccc(NC(N)=NCC2SCCc3ccccc32)c1.I. The van der Waals surface area contributed by atoms with Crippen molar-refractivity contribution in [3.05, 3.63) is 59.7 Å². The molecule has 0 aliphatic carbocycles. The molecule has 0 bridgehead atoms. The van der Waals surface area contributed by atoms with E-state index in [2.05, 4.69) is 34.6 Å². The molecule has 1 aliphatic rings. The van der Waals surface area contributed by atoms with Crippen LogP contribution in [0.4, 0.5) is 5.69 Å². The van der Waals surface area contributed by atoms with E-state index >= 15 is 0 Å². The lowest BCUT2D eigenvalue weighted by molar-refractivity contribution is 0.415. The molecule has 4 nitrogen and oxygen atoms in total. The van der Waals surface area contributed by atoms with Gasteiger partial charge in [-0.1, -0.05) is 30.3 Å². The van der Waals surface area contributed by atoms with E-state index in [-0.39, 0.29) is 24.0 Å². The zero-order chi connectivity index (χ0) is 16.1. The van der Waals surface area contributed by atoms with Gasteiger partial charge in [0.25, 0.3) is 0 Å². The van der Waals surface area contributed by atoms with Crippen molar-refractivity contribution in [2.45, 2.75) is 11.7 Å². The van der Waals surface area contributed by atoms with Gasteiger partial charge in [-0.05, 0) is 35.4 Å². The summed E-state index contributed by atoms with van der Waals surface area (Å²) < 4.78 is 5.21. The number of halogens is 1. The van der Waals surface area contributed by atoms with Crippen molar-refractivity contribution >= 4 is 47.4 Å². The van der Waals surface area contributed by atoms with Crippen LogP contribution in [0.5, 0.6) is 5.75 Å². The van der Waals surface area contributed by atoms with E-state index in [4.69, 9.17) is 10.5 Å². The lowest BCUT2D eigenvalue weighted by Gasteiger charge is -2.23. The van der Waals surface area contributed by atoms with Gasteiger partial charge in [-0.15, -0.1) is 24.0 Å². The summed E-state index contributed by atoms with van der Waals surface area (Å²) in [4.78, 5) is 4.52. The lowest BCUT2D eigenvalue weighted by Crippen LogP contribution is -2.24. The Kier molecular flexibility index (Phi) is 7.23. The fraction of sp³-hybridized carbons (Fsp3) is 0.278. The number of thioether (sulfide) groups is 1. The quantitative estimate of drug-likeness (QED) is 0.415. The van der Waals surface area contributed by atoms with Gasteiger partial charge in [0, 0.05) is 17.0 Å². The molecule has 6 heteroatoms. The molecule has 1 atom stereocenters. The number of hydrogen-bond donors (Lipinski definition) is 2. The number of nitrogens with two attached hydrogens (primary N) is 1. The Morgan fingerprint density at radius 2 is 2.12 bits per heavy atom. The molecule has 0 aromatic heterocycles. The number of rotatable bonds is 4. The lowest BCUT2D eigenvalue weighted by atomic mass is 10.0. The van der Waals surface area contributed by atoms with Gasteiger partial charge in [-0.25, -0.2) is 0 Å². The van der Waals surface area contributed by atoms with Crippen molar-refractivity contribution < 1.29 is 4.74 Å². The third-order valence-corrected chi connectivity index (χ3v) is 5.11. The molecule has 0 saturated heterocycles. The zero-order valence-electron chi connectivity index (χ0n) is 13.6. The number of nitrogens with zero attached hydrogens (tertiary/aromatic N) is 1. The van der Waals surface area contributed by atoms with Crippen LogP contribution >= 0.6 is 35.7 Å². The maximum absolute atomic E-state index is 6.02. The third kappa shape index (κ3) is 4.80. The van der Waals surface area contributed by atoms with Crippen LogP contribution in [0.2, 0.25) is 0 Å². The summed E-state index contributed by atoms with van der Waals surface area (Å²) in [6.07, 6.45) is 1.14.